The molecule has 0 bridgehead atoms. The van der Waals surface area contributed by atoms with Crippen LogP contribution in [-0.2, 0) is 0 Å². The van der Waals surface area contributed by atoms with Crippen molar-refractivity contribution in [1.82, 2.24) is 0 Å². The van der Waals surface area contributed by atoms with Gasteiger partial charge in [0.1, 0.15) is 0 Å². The number of rotatable bonds is 0. The summed E-state index contributed by atoms with van der Waals surface area (Å²) in [7, 11) is 0. The molecule has 0 aliphatic rings. The van der Waals surface area contributed by atoms with Crippen LogP contribution in [0.4, 0.5) is 0 Å². The van der Waals surface area contributed by atoms with E-state index in [2.05, 4.69) is 0 Å². The van der Waals surface area contributed by atoms with Gasteiger partial charge in [-0.1, -0.05) is 0 Å². The molecule has 7 heavy (non-hydrogen) atoms. The Morgan fingerprint density at radius 3 is 0.857 bits per heavy atom. The summed E-state index contributed by atoms with van der Waals surface area (Å²) in [5.74, 6) is 0. The van der Waals surface area contributed by atoms with E-state index in [9.17, 15) is 0 Å². The Labute approximate surface area is 136 Å². The van der Waals surface area contributed by atoms with Gasteiger partial charge in [-0.25, -0.2) is 0 Å². The van der Waals surface area contributed by atoms with Crippen LogP contribution in [0.25, 0.3) is 0 Å². The molecule has 0 heterocycles. The molecule has 0 atom stereocenters. The molecule has 0 unspecified atom stereocenters. The van der Waals surface area contributed by atoms with Gasteiger partial charge in [-0.05, 0) is 0 Å². The Hall–Kier alpha value is 3.94. The maximum absolute atomic E-state index is 0. The summed E-state index contributed by atoms with van der Waals surface area (Å²) in [5, 5.41) is 0. The van der Waals surface area contributed by atoms with Crippen LogP contribution in [0, 0.1) is 41.7 Å². The summed E-state index contributed by atoms with van der Waals surface area (Å²) in [6.45, 7) is 0. The SMILES string of the molecule is Cl.Cl.Cl.I.O.[Ce].[H-].[Na+]. The molecule has 2 N–H and O–H groups in total. The monoisotopic (exact) mass is 418 g/mol. The molecule has 0 saturated heterocycles. The van der Waals surface area contributed by atoms with Crippen molar-refractivity contribution in [1.29, 1.82) is 0 Å². The summed E-state index contributed by atoms with van der Waals surface area (Å²) in [6.07, 6.45) is 0. The van der Waals surface area contributed by atoms with Crippen LogP contribution in [0.2, 0.25) is 0 Å². The molecule has 0 aliphatic heterocycles. The predicted molar refractivity (Wildman–Crippen MR) is 41.9 cm³/mol. The van der Waals surface area contributed by atoms with Crippen molar-refractivity contribution in [2.45, 2.75) is 0 Å². The molecule has 7 heteroatoms. The van der Waals surface area contributed by atoms with Gasteiger partial charge in [0, 0.05) is 41.7 Å². The van der Waals surface area contributed by atoms with E-state index >= 15 is 0 Å². The topological polar surface area (TPSA) is 31.5 Å². The summed E-state index contributed by atoms with van der Waals surface area (Å²) in [6, 6.07) is 0. The molecular formula is H7CeCl3INaO. The van der Waals surface area contributed by atoms with Gasteiger partial charge in [0.25, 0.3) is 0 Å². The molecule has 0 saturated carbocycles. The van der Waals surface area contributed by atoms with Crippen LogP contribution in [0.5, 0.6) is 0 Å². The van der Waals surface area contributed by atoms with E-state index in [1.165, 1.54) is 0 Å². The largest absolute Gasteiger partial charge is 1.00 e. The van der Waals surface area contributed by atoms with Gasteiger partial charge in [0.2, 0.25) is 0 Å². The van der Waals surface area contributed by atoms with Crippen molar-refractivity contribution in [3.05, 3.63) is 0 Å². The zero-order valence-electron chi connectivity index (χ0n) is 4.63. The molecule has 0 aromatic carbocycles. The minimum absolute atomic E-state index is 0. The molecule has 0 amide bonds. The van der Waals surface area contributed by atoms with Crippen LogP contribution in [-0.4, -0.2) is 5.48 Å². The maximum atomic E-state index is 0. The van der Waals surface area contributed by atoms with Crippen molar-refractivity contribution in [3.8, 4) is 0 Å². The Kier molecular flexibility index (Phi) is 510. The number of halogens is 4. The smallest absolute Gasteiger partial charge is 1.00 e. The first-order valence-electron chi connectivity index (χ1n) is 0. The molecular weight excluding hydrogens is 412 g/mol. The number of hydrogen-bond donors (Lipinski definition) is 0. The second kappa shape index (κ2) is 51.2. The molecule has 0 rings (SSSR count). The fourth-order valence-electron chi connectivity index (χ4n) is 0. The van der Waals surface area contributed by atoms with Crippen LogP contribution >= 0.6 is 61.2 Å². The Bertz CT molecular complexity index is 19.2. The van der Waals surface area contributed by atoms with E-state index in [-0.39, 0.29) is 139 Å². The second-order valence-corrected chi connectivity index (χ2v) is 0. The molecule has 0 spiro atoms. The maximum Gasteiger partial charge on any atom is 1.00 e. The van der Waals surface area contributed by atoms with Gasteiger partial charge in [0.15, 0.2) is 0 Å². The quantitative estimate of drug-likeness (QED) is 0.327. The molecule has 0 fully saturated rings. The first-order chi connectivity index (χ1) is 0. The van der Waals surface area contributed by atoms with Crippen molar-refractivity contribution in [2.75, 3.05) is 0 Å². The molecule has 0 aromatic rings. The standard InChI is InChI=1S/Ce.3ClH.HI.Na.H2O.H/h;4*1H;;1H2;/q;;;;;+1;;-1. The van der Waals surface area contributed by atoms with Gasteiger partial charge in [-0.3, -0.25) is 0 Å². The predicted octanol–water partition coefficient (Wildman–Crippen LogP) is -1.82. The van der Waals surface area contributed by atoms with Crippen LogP contribution < -0.4 is 29.6 Å². The molecule has 1 nitrogen and oxygen atoms in total. The van der Waals surface area contributed by atoms with E-state index in [4.69, 9.17) is 0 Å². The van der Waals surface area contributed by atoms with Gasteiger partial charge >= 0.3 is 29.6 Å². The summed E-state index contributed by atoms with van der Waals surface area (Å²) in [4.78, 5) is 0. The first kappa shape index (κ1) is 69.7. The molecule has 0 radical (unpaired) electrons. The summed E-state index contributed by atoms with van der Waals surface area (Å²) >= 11 is 0. The van der Waals surface area contributed by atoms with Gasteiger partial charge < -0.3 is 6.90 Å². The minimum atomic E-state index is 0. The van der Waals surface area contributed by atoms with Gasteiger partial charge in [0.05, 0.1) is 0 Å². The Morgan fingerprint density at radius 1 is 0.857 bits per heavy atom. The van der Waals surface area contributed by atoms with Crippen molar-refractivity contribution >= 4 is 61.2 Å². The van der Waals surface area contributed by atoms with Gasteiger partial charge in [-0.15, -0.1) is 61.2 Å². The van der Waals surface area contributed by atoms with Gasteiger partial charge in [-0.2, -0.15) is 0 Å². The van der Waals surface area contributed by atoms with E-state index in [1.54, 1.807) is 0 Å². The minimum Gasteiger partial charge on any atom is -1.00 e. The van der Waals surface area contributed by atoms with Crippen LogP contribution in [0.1, 0.15) is 1.43 Å². The van der Waals surface area contributed by atoms with E-state index in [0.29, 0.717) is 0 Å². The average molecular weight is 419 g/mol. The zero-order valence-corrected chi connectivity index (χ0v) is 13.6. The van der Waals surface area contributed by atoms with E-state index < -0.39 is 0 Å². The second-order valence-electron chi connectivity index (χ2n) is 0. The fraction of sp³-hybridized carbons (Fsp3) is 0. The van der Waals surface area contributed by atoms with E-state index in [0.717, 1.165) is 0 Å². The van der Waals surface area contributed by atoms with E-state index in [1.807, 2.05) is 0 Å². The third-order valence-corrected chi connectivity index (χ3v) is 0. The molecule has 46 valence electrons. The number of hydrogen-bond acceptors (Lipinski definition) is 0. The van der Waals surface area contributed by atoms with Crippen molar-refractivity contribution in [3.63, 3.8) is 0 Å². The fourth-order valence-corrected chi connectivity index (χ4v) is 0. The summed E-state index contributed by atoms with van der Waals surface area (Å²) in [5.41, 5.74) is 0. The van der Waals surface area contributed by atoms with Crippen LogP contribution in [0.3, 0.4) is 0 Å². The Morgan fingerprint density at radius 2 is 0.857 bits per heavy atom. The summed E-state index contributed by atoms with van der Waals surface area (Å²) < 4.78 is 0. The van der Waals surface area contributed by atoms with Crippen molar-refractivity contribution in [2.24, 2.45) is 0 Å². The average Bonchev–Trinajstić information content (AvgIpc) is 0. The first-order valence-corrected chi connectivity index (χ1v) is 0. The third kappa shape index (κ3) is 40.4. The third-order valence-electron chi connectivity index (χ3n) is 0. The Balaban J connectivity index is 0. The van der Waals surface area contributed by atoms with Crippen molar-refractivity contribution < 1.29 is 78.2 Å². The normalized spacial score (nSPS) is 0. The molecule has 0 aromatic heterocycles. The molecule has 0 aliphatic carbocycles. The van der Waals surface area contributed by atoms with Crippen LogP contribution in [0.15, 0.2) is 0 Å². The zero-order chi connectivity index (χ0) is 0.